The van der Waals surface area contributed by atoms with Crippen molar-refractivity contribution in [3.8, 4) is 0 Å². The second-order valence-electron chi connectivity index (χ2n) is 2.82. The summed E-state index contributed by atoms with van der Waals surface area (Å²) in [4.78, 5) is 2.30. The van der Waals surface area contributed by atoms with Gasteiger partial charge < -0.3 is 5.73 Å². The Kier molecular flexibility index (Phi) is 3.27. The maximum Gasteiger partial charge on any atom is 0.0669 e. The molecule has 14 heavy (non-hydrogen) atoms. The molecule has 0 saturated carbocycles. The Bertz CT molecular complexity index is 398. The van der Waals surface area contributed by atoms with Gasteiger partial charge in [-0.2, -0.15) is 0 Å². The molecule has 3 nitrogen and oxygen atoms in total. The van der Waals surface area contributed by atoms with Crippen LogP contribution in [0.3, 0.4) is 0 Å². The molecular formula is C8H8BrN3S2. The van der Waals surface area contributed by atoms with Gasteiger partial charge in [0.15, 0.2) is 0 Å². The second-order valence-corrected chi connectivity index (χ2v) is 5.49. The normalized spacial score (nSPS) is 13.0. The van der Waals surface area contributed by atoms with E-state index in [2.05, 4.69) is 30.9 Å². The fourth-order valence-corrected chi connectivity index (χ4v) is 3.19. The average Bonchev–Trinajstić information content (AvgIpc) is 2.77. The van der Waals surface area contributed by atoms with Crippen molar-refractivity contribution in [2.75, 3.05) is 0 Å². The van der Waals surface area contributed by atoms with Gasteiger partial charge >= 0.3 is 0 Å². The van der Waals surface area contributed by atoms with Gasteiger partial charge in [0, 0.05) is 21.8 Å². The van der Waals surface area contributed by atoms with Crippen molar-refractivity contribution in [2.24, 2.45) is 5.73 Å². The van der Waals surface area contributed by atoms with E-state index < -0.39 is 0 Å². The summed E-state index contributed by atoms with van der Waals surface area (Å²) in [5, 5.41) is 5.83. The molecule has 0 radical (unpaired) electrons. The van der Waals surface area contributed by atoms with E-state index in [4.69, 9.17) is 5.73 Å². The molecule has 2 heterocycles. The monoisotopic (exact) mass is 289 g/mol. The maximum atomic E-state index is 6.02. The van der Waals surface area contributed by atoms with Crippen LogP contribution >= 0.6 is 38.8 Å². The van der Waals surface area contributed by atoms with Crippen LogP contribution in [0.4, 0.5) is 0 Å². The van der Waals surface area contributed by atoms with Gasteiger partial charge in [0.2, 0.25) is 0 Å². The largest absolute Gasteiger partial charge is 0.323 e. The van der Waals surface area contributed by atoms with Crippen molar-refractivity contribution >= 4 is 38.8 Å². The molecule has 0 amide bonds. The first-order valence-corrected chi connectivity index (χ1v) is 6.46. The Labute approximate surface area is 98.3 Å². The minimum absolute atomic E-state index is 0.00458. The highest BCUT2D eigenvalue weighted by Crippen LogP contribution is 2.27. The van der Waals surface area contributed by atoms with Gasteiger partial charge in [-0.15, -0.1) is 16.4 Å². The fraction of sp³-hybridized carbons (Fsp3) is 0.250. The topological polar surface area (TPSA) is 51.8 Å². The van der Waals surface area contributed by atoms with Crippen LogP contribution in [0, 0.1) is 0 Å². The Balaban J connectivity index is 2.09. The summed E-state index contributed by atoms with van der Waals surface area (Å²) in [7, 11) is 0. The van der Waals surface area contributed by atoms with Crippen molar-refractivity contribution in [1.29, 1.82) is 0 Å². The Morgan fingerprint density at radius 2 is 2.43 bits per heavy atom. The van der Waals surface area contributed by atoms with E-state index in [1.165, 1.54) is 16.4 Å². The smallest absolute Gasteiger partial charge is 0.0669 e. The van der Waals surface area contributed by atoms with Crippen LogP contribution in [0.25, 0.3) is 0 Å². The van der Waals surface area contributed by atoms with Gasteiger partial charge in [-0.3, -0.25) is 0 Å². The summed E-state index contributed by atoms with van der Waals surface area (Å²) in [5.74, 6) is 0. The van der Waals surface area contributed by atoms with Gasteiger partial charge in [0.1, 0.15) is 0 Å². The molecule has 6 heteroatoms. The lowest BCUT2D eigenvalue weighted by molar-refractivity contribution is 0.741. The van der Waals surface area contributed by atoms with Crippen molar-refractivity contribution in [3.63, 3.8) is 0 Å². The first kappa shape index (κ1) is 10.2. The lowest BCUT2D eigenvalue weighted by Gasteiger charge is -2.06. The summed E-state index contributed by atoms with van der Waals surface area (Å²) in [5.41, 5.74) is 6.02. The van der Waals surface area contributed by atoms with Crippen LogP contribution in [0.15, 0.2) is 22.1 Å². The number of nitrogens with zero attached hydrogens (tertiary/aromatic N) is 2. The molecule has 0 bridgehead atoms. The molecular weight excluding hydrogens is 282 g/mol. The molecule has 74 valence electrons. The number of thiophene rings is 1. The zero-order valence-corrected chi connectivity index (χ0v) is 10.4. The van der Waals surface area contributed by atoms with Crippen LogP contribution in [0.2, 0.25) is 0 Å². The first-order chi connectivity index (χ1) is 6.77. The van der Waals surface area contributed by atoms with Gasteiger partial charge in [0.05, 0.1) is 11.1 Å². The van der Waals surface area contributed by atoms with Crippen LogP contribution in [-0.4, -0.2) is 9.59 Å². The average molecular weight is 290 g/mol. The second kappa shape index (κ2) is 4.48. The zero-order chi connectivity index (χ0) is 9.97. The highest BCUT2D eigenvalue weighted by molar-refractivity contribution is 9.10. The molecule has 0 saturated heterocycles. The third-order valence-electron chi connectivity index (χ3n) is 1.84. The minimum Gasteiger partial charge on any atom is -0.323 e. The molecule has 2 N–H and O–H groups in total. The van der Waals surface area contributed by atoms with E-state index in [0.29, 0.717) is 0 Å². The molecule has 0 spiro atoms. The van der Waals surface area contributed by atoms with Crippen LogP contribution < -0.4 is 5.73 Å². The van der Waals surface area contributed by atoms with Gasteiger partial charge in [-0.1, -0.05) is 4.49 Å². The predicted octanol–water partition coefficient (Wildman–Crippen LogP) is 2.60. The summed E-state index contributed by atoms with van der Waals surface area (Å²) in [6.45, 7) is 0. The summed E-state index contributed by atoms with van der Waals surface area (Å²) >= 11 is 6.56. The highest BCUT2D eigenvalue weighted by atomic mass is 79.9. The third kappa shape index (κ3) is 2.20. The molecule has 2 aromatic heterocycles. The lowest BCUT2D eigenvalue weighted by Crippen LogP contribution is -2.11. The molecule has 0 aliphatic carbocycles. The summed E-state index contributed by atoms with van der Waals surface area (Å²) < 4.78 is 4.93. The Morgan fingerprint density at radius 1 is 1.57 bits per heavy atom. The highest BCUT2D eigenvalue weighted by Gasteiger charge is 2.12. The van der Waals surface area contributed by atoms with Crippen molar-refractivity contribution in [2.45, 2.75) is 12.5 Å². The molecule has 2 rings (SSSR count). The standard InChI is InChI=1S/C8H8BrN3S2/c9-5-1-2-13-7(5)3-6(10)8-4-11-12-14-8/h1-2,4,6H,3,10H2. The van der Waals surface area contributed by atoms with E-state index in [9.17, 15) is 0 Å². The number of nitrogens with two attached hydrogens (primary N) is 1. The quantitative estimate of drug-likeness (QED) is 0.945. The molecule has 2 aromatic rings. The predicted molar refractivity (Wildman–Crippen MR) is 62.6 cm³/mol. The van der Waals surface area contributed by atoms with E-state index >= 15 is 0 Å². The molecule has 1 atom stereocenters. The number of rotatable bonds is 3. The van der Waals surface area contributed by atoms with Crippen LogP contribution in [-0.2, 0) is 6.42 Å². The zero-order valence-electron chi connectivity index (χ0n) is 7.18. The third-order valence-corrected chi connectivity index (χ3v) is 4.58. The van der Waals surface area contributed by atoms with Gasteiger partial charge in [-0.25, -0.2) is 0 Å². The lowest BCUT2D eigenvalue weighted by atomic mass is 10.2. The van der Waals surface area contributed by atoms with Crippen LogP contribution in [0.5, 0.6) is 0 Å². The number of hydrogen-bond acceptors (Lipinski definition) is 5. The summed E-state index contributed by atoms with van der Waals surface area (Å²) in [6.07, 6.45) is 2.57. The Hall–Kier alpha value is -0.300. The number of aromatic nitrogens is 2. The van der Waals surface area contributed by atoms with E-state index in [1.54, 1.807) is 17.5 Å². The maximum absolute atomic E-state index is 6.02. The Morgan fingerprint density at radius 3 is 3.00 bits per heavy atom. The number of halogens is 1. The van der Waals surface area contributed by atoms with Gasteiger partial charge in [0.25, 0.3) is 0 Å². The van der Waals surface area contributed by atoms with Crippen LogP contribution in [0.1, 0.15) is 15.8 Å². The first-order valence-electron chi connectivity index (χ1n) is 4.02. The molecule has 0 aliphatic heterocycles. The van der Waals surface area contributed by atoms with Crippen molar-refractivity contribution in [3.05, 3.63) is 31.9 Å². The minimum atomic E-state index is 0.00458. The fourth-order valence-electron chi connectivity index (χ4n) is 1.11. The van der Waals surface area contributed by atoms with E-state index in [0.717, 1.165) is 15.8 Å². The molecule has 0 aromatic carbocycles. The van der Waals surface area contributed by atoms with Crippen molar-refractivity contribution < 1.29 is 0 Å². The van der Waals surface area contributed by atoms with Crippen molar-refractivity contribution in [1.82, 2.24) is 9.59 Å². The van der Waals surface area contributed by atoms with E-state index in [-0.39, 0.29) is 6.04 Å². The molecule has 0 aliphatic rings. The SMILES string of the molecule is NC(Cc1sccc1Br)c1cnns1. The number of hydrogen-bond donors (Lipinski definition) is 1. The molecule has 1 unspecified atom stereocenters. The molecule has 0 fully saturated rings. The van der Waals surface area contributed by atoms with E-state index in [1.807, 2.05) is 6.07 Å². The summed E-state index contributed by atoms with van der Waals surface area (Å²) in [6, 6.07) is 2.04. The van der Waals surface area contributed by atoms with Gasteiger partial charge in [-0.05, 0) is 38.9 Å².